The normalized spacial score (nSPS) is 12.3. The number of aromatic hydroxyl groups is 1. The standard InChI is InChI=1S/C18H16N2O6S/c1-10-6-7-12(9-15(10)27(24,25)26)19-20-16-13-5-3-2-4-11(13)8-14(17(16)21)18(22)23/h2-9,18,21-23H,1H3,(H,24,25,26). The van der Waals surface area contributed by atoms with Gasteiger partial charge in [0.15, 0.2) is 12.0 Å². The van der Waals surface area contributed by atoms with E-state index >= 15 is 0 Å². The van der Waals surface area contributed by atoms with Gasteiger partial charge in [-0.15, -0.1) is 5.11 Å². The molecular formula is C18H16N2O6S. The maximum Gasteiger partial charge on any atom is 0.294 e. The molecule has 0 radical (unpaired) electrons. The summed E-state index contributed by atoms with van der Waals surface area (Å²) < 4.78 is 32.1. The minimum Gasteiger partial charge on any atom is -0.505 e. The van der Waals surface area contributed by atoms with Crippen molar-refractivity contribution >= 4 is 32.3 Å². The van der Waals surface area contributed by atoms with Gasteiger partial charge in [-0.1, -0.05) is 30.3 Å². The zero-order chi connectivity index (χ0) is 19.8. The van der Waals surface area contributed by atoms with E-state index < -0.39 is 22.2 Å². The number of nitrogens with zero attached hydrogens (tertiary/aromatic N) is 2. The molecule has 0 aromatic heterocycles. The number of rotatable bonds is 4. The molecule has 3 aromatic carbocycles. The Hall–Kier alpha value is -2.85. The summed E-state index contributed by atoms with van der Waals surface area (Å²) in [5.74, 6) is -0.449. The highest BCUT2D eigenvalue weighted by Gasteiger charge is 2.17. The van der Waals surface area contributed by atoms with Crippen molar-refractivity contribution in [2.75, 3.05) is 0 Å². The second kappa shape index (κ2) is 7.05. The van der Waals surface area contributed by atoms with Gasteiger partial charge in [0.2, 0.25) is 0 Å². The van der Waals surface area contributed by atoms with Crippen molar-refractivity contribution in [2.45, 2.75) is 18.1 Å². The Labute approximate surface area is 154 Å². The van der Waals surface area contributed by atoms with Gasteiger partial charge in [-0.3, -0.25) is 4.55 Å². The average molecular weight is 388 g/mol. The Morgan fingerprint density at radius 2 is 1.70 bits per heavy atom. The van der Waals surface area contributed by atoms with Crippen LogP contribution in [0.2, 0.25) is 0 Å². The molecule has 0 atom stereocenters. The molecule has 3 aromatic rings. The number of hydrogen-bond acceptors (Lipinski definition) is 7. The van der Waals surface area contributed by atoms with Crippen LogP contribution in [0, 0.1) is 6.92 Å². The fourth-order valence-corrected chi connectivity index (χ4v) is 3.42. The van der Waals surface area contributed by atoms with E-state index in [1.165, 1.54) is 25.1 Å². The smallest absolute Gasteiger partial charge is 0.294 e. The summed E-state index contributed by atoms with van der Waals surface area (Å²) in [5.41, 5.74) is 0.345. The van der Waals surface area contributed by atoms with Gasteiger partial charge < -0.3 is 15.3 Å². The molecule has 0 bridgehead atoms. The summed E-state index contributed by atoms with van der Waals surface area (Å²) >= 11 is 0. The number of benzene rings is 3. The van der Waals surface area contributed by atoms with E-state index in [0.717, 1.165) is 6.07 Å². The molecule has 0 saturated carbocycles. The van der Waals surface area contributed by atoms with E-state index in [-0.39, 0.29) is 21.8 Å². The van der Waals surface area contributed by atoms with Crippen molar-refractivity contribution < 1.29 is 28.3 Å². The molecular weight excluding hydrogens is 372 g/mol. The van der Waals surface area contributed by atoms with E-state index in [2.05, 4.69) is 10.2 Å². The second-order valence-corrected chi connectivity index (χ2v) is 7.27. The van der Waals surface area contributed by atoms with Crippen LogP contribution in [0.25, 0.3) is 10.8 Å². The molecule has 3 rings (SSSR count). The SMILES string of the molecule is Cc1ccc(N=Nc2c(O)c(C(O)O)cc3ccccc23)cc1S(=O)(=O)O. The first-order valence-corrected chi connectivity index (χ1v) is 9.23. The van der Waals surface area contributed by atoms with Crippen LogP contribution < -0.4 is 0 Å². The number of phenolic OH excluding ortho intramolecular Hbond substituents is 1. The summed E-state index contributed by atoms with van der Waals surface area (Å²) in [4.78, 5) is -0.299. The topological polar surface area (TPSA) is 140 Å². The molecule has 0 amide bonds. The molecule has 0 fully saturated rings. The first kappa shape index (κ1) is 18.9. The van der Waals surface area contributed by atoms with Crippen LogP contribution >= 0.6 is 0 Å². The van der Waals surface area contributed by atoms with Crippen LogP contribution in [0.15, 0.2) is 63.7 Å². The van der Waals surface area contributed by atoms with Crippen LogP contribution in [0.5, 0.6) is 5.75 Å². The Morgan fingerprint density at radius 1 is 1.00 bits per heavy atom. The van der Waals surface area contributed by atoms with Gasteiger partial charge in [-0.2, -0.15) is 13.5 Å². The summed E-state index contributed by atoms with van der Waals surface area (Å²) in [6.07, 6.45) is -1.91. The number of fused-ring (bicyclic) bond motifs is 1. The summed E-state index contributed by atoms with van der Waals surface area (Å²) in [5, 5.41) is 38.3. The molecule has 0 heterocycles. The fourth-order valence-electron chi connectivity index (χ4n) is 2.67. The van der Waals surface area contributed by atoms with Crippen LogP contribution in [0.4, 0.5) is 11.4 Å². The van der Waals surface area contributed by atoms with Crippen molar-refractivity contribution in [3.05, 3.63) is 59.7 Å². The first-order valence-electron chi connectivity index (χ1n) is 7.79. The number of hydrogen-bond donors (Lipinski definition) is 4. The predicted molar refractivity (Wildman–Crippen MR) is 98.0 cm³/mol. The minimum atomic E-state index is -4.42. The van der Waals surface area contributed by atoms with Gasteiger partial charge in [-0.25, -0.2) is 0 Å². The van der Waals surface area contributed by atoms with Gasteiger partial charge in [0, 0.05) is 5.39 Å². The third-order valence-electron chi connectivity index (χ3n) is 4.02. The Balaban J connectivity index is 2.16. The number of aliphatic hydroxyl groups is 2. The fraction of sp³-hybridized carbons (Fsp3) is 0.111. The van der Waals surface area contributed by atoms with Crippen LogP contribution in [-0.2, 0) is 10.1 Å². The highest BCUT2D eigenvalue weighted by molar-refractivity contribution is 7.85. The lowest BCUT2D eigenvalue weighted by atomic mass is 10.0. The zero-order valence-corrected chi connectivity index (χ0v) is 14.9. The highest BCUT2D eigenvalue weighted by Crippen LogP contribution is 2.41. The molecule has 0 spiro atoms. The van der Waals surface area contributed by atoms with Crippen LogP contribution in [-0.4, -0.2) is 28.3 Å². The van der Waals surface area contributed by atoms with Gasteiger partial charge in [0.05, 0.1) is 16.1 Å². The molecule has 9 heteroatoms. The maximum atomic E-state index is 11.4. The van der Waals surface area contributed by atoms with Gasteiger partial charge in [-0.05, 0) is 36.1 Å². The van der Waals surface area contributed by atoms with Crippen molar-refractivity contribution in [1.29, 1.82) is 0 Å². The molecule has 0 aliphatic rings. The predicted octanol–water partition coefficient (Wildman–Crippen LogP) is 3.50. The molecule has 0 aliphatic heterocycles. The lowest BCUT2D eigenvalue weighted by Crippen LogP contribution is -2.00. The zero-order valence-electron chi connectivity index (χ0n) is 14.1. The third kappa shape index (κ3) is 3.81. The molecule has 4 N–H and O–H groups in total. The van der Waals surface area contributed by atoms with E-state index in [1.54, 1.807) is 24.3 Å². The van der Waals surface area contributed by atoms with Gasteiger partial charge in [0.1, 0.15) is 5.69 Å². The van der Waals surface area contributed by atoms with E-state index in [9.17, 15) is 28.3 Å². The molecule has 140 valence electrons. The molecule has 8 nitrogen and oxygen atoms in total. The molecule has 0 saturated heterocycles. The maximum absolute atomic E-state index is 11.4. The summed E-state index contributed by atoms with van der Waals surface area (Å²) in [7, 11) is -4.42. The van der Waals surface area contributed by atoms with E-state index in [0.29, 0.717) is 16.3 Å². The first-order chi connectivity index (χ1) is 12.7. The van der Waals surface area contributed by atoms with Crippen molar-refractivity contribution in [1.82, 2.24) is 0 Å². The minimum absolute atomic E-state index is 0.00480. The largest absolute Gasteiger partial charge is 0.505 e. The Kier molecular flexibility index (Phi) is 4.94. The second-order valence-electron chi connectivity index (χ2n) is 5.88. The lowest BCUT2D eigenvalue weighted by Gasteiger charge is -2.11. The molecule has 0 aliphatic carbocycles. The van der Waals surface area contributed by atoms with E-state index in [1.807, 2.05) is 0 Å². The lowest BCUT2D eigenvalue weighted by molar-refractivity contribution is -0.0437. The summed E-state index contributed by atoms with van der Waals surface area (Å²) in [6, 6.07) is 12.4. The monoisotopic (exact) mass is 388 g/mol. The van der Waals surface area contributed by atoms with Crippen LogP contribution in [0.1, 0.15) is 17.4 Å². The number of aryl methyl sites for hydroxylation is 1. The van der Waals surface area contributed by atoms with Crippen molar-refractivity contribution in [2.24, 2.45) is 10.2 Å². The van der Waals surface area contributed by atoms with Crippen molar-refractivity contribution in [3.63, 3.8) is 0 Å². The summed E-state index contributed by atoms with van der Waals surface area (Å²) in [6.45, 7) is 1.52. The third-order valence-corrected chi connectivity index (χ3v) is 5.01. The number of aliphatic hydroxyl groups excluding tert-OH is 1. The van der Waals surface area contributed by atoms with Gasteiger partial charge >= 0.3 is 0 Å². The molecule has 27 heavy (non-hydrogen) atoms. The number of phenols is 1. The average Bonchev–Trinajstić information content (AvgIpc) is 2.60. The highest BCUT2D eigenvalue weighted by atomic mass is 32.2. The van der Waals surface area contributed by atoms with E-state index in [4.69, 9.17) is 0 Å². The number of azo groups is 1. The van der Waals surface area contributed by atoms with Gasteiger partial charge in [0.25, 0.3) is 10.1 Å². The molecule has 0 unspecified atom stereocenters. The Morgan fingerprint density at radius 3 is 2.37 bits per heavy atom. The van der Waals surface area contributed by atoms with Crippen LogP contribution in [0.3, 0.4) is 0 Å². The van der Waals surface area contributed by atoms with Crippen molar-refractivity contribution in [3.8, 4) is 5.75 Å². The Bertz CT molecular complexity index is 1160. The quantitative estimate of drug-likeness (QED) is 0.306.